The van der Waals surface area contributed by atoms with E-state index in [0.717, 1.165) is 26.1 Å². The second-order valence-corrected chi connectivity index (χ2v) is 5.99. The molecule has 0 spiro atoms. The number of aliphatic hydroxyl groups is 1. The van der Waals surface area contributed by atoms with E-state index in [-0.39, 0.29) is 11.6 Å². The lowest BCUT2D eigenvalue weighted by molar-refractivity contribution is 0.0697. The van der Waals surface area contributed by atoms with Crippen LogP contribution in [0.15, 0.2) is 0 Å². The molecule has 1 saturated carbocycles. The molecule has 3 heteroatoms. The molecule has 1 aliphatic rings. The molecule has 1 rings (SSSR count). The van der Waals surface area contributed by atoms with Crippen molar-refractivity contribution in [3.63, 3.8) is 0 Å². The van der Waals surface area contributed by atoms with Crippen LogP contribution in [0, 0.1) is 5.92 Å². The van der Waals surface area contributed by atoms with Gasteiger partial charge in [-0.05, 0) is 39.5 Å². The van der Waals surface area contributed by atoms with Crippen molar-refractivity contribution in [2.45, 2.75) is 58.1 Å². The van der Waals surface area contributed by atoms with E-state index in [9.17, 15) is 5.11 Å². The fourth-order valence-electron chi connectivity index (χ4n) is 2.24. The molecule has 1 fully saturated rings. The largest absolute Gasteiger partial charge is 0.393 e. The minimum Gasteiger partial charge on any atom is -0.393 e. The minimum atomic E-state index is -0.0724. The van der Waals surface area contributed by atoms with Crippen LogP contribution in [0.2, 0.25) is 0 Å². The van der Waals surface area contributed by atoms with Crippen molar-refractivity contribution in [1.82, 2.24) is 10.6 Å². The van der Waals surface area contributed by atoms with E-state index >= 15 is 0 Å². The molecule has 0 radical (unpaired) electrons. The van der Waals surface area contributed by atoms with Gasteiger partial charge in [-0.25, -0.2) is 0 Å². The van der Waals surface area contributed by atoms with Gasteiger partial charge in [0, 0.05) is 25.2 Å². The second kappa shape index (κ2) is 6.58. The van der Waals surface area contributed by atoms with Gasteiger partial charge in [-0.15, -0.1) is 0 Å². The molecule has 16 heavy (non-hydrogen) atoms. The zero-order valence-electron chi connectivity index (χ0n) is 11.1. The van der Waals surface area contributed by atoms with Crippen molar-refractivity contribution >= 4 is 0 Å². The van der Waals surface area contributed by atoms with E-state index in [1.54, 1.807) is 0 Å². The standard InChI is InChI=1S/C13H28N2O/c1-13(2,3)15-9-8-14-10-11-6-4-5-7-12(11)16/h11-12,14-16H,4-10H2,1-3H3. The zero-order chi connectivity index (χ0) is 12.0. The van der Waals surface area contributed by atoms with E-state index in [1.165, 1.54) is 19.3 Å². The van der Waals surface area contributed by atoms with Gasteiger partial charge < -0.3 is 15.7 Å². The Morgan fingerprint density at radius 1 is 1.12 bits per heavy atom. The Morgan fingerprint density at radius 3 is 2.44 bits per heavy atom. The zero-order valence-corrected chi connectivity index (χ0v) is 11.1. The van der Waals surface area contributed by atoms with Crippen molar-refractivity contribution < 1.29 is 5.11 Å². The van der Waals surface area contributed by atoms with E-state index < -0.39 is 0 Å². The average Bonchev–Trinajstić information content (AvgIpc) is 2.18. The van der Waals surface area contributed by atoms with Crippen LogP contribution in [0.25, 0.3) is 0 Å². The fraction of sp³-hybridized carbons (Fsp3) is 1.00. The topological polar surface area (TPSA) is 44.3 Å². The maximum Gasteiger partial charge on any atom is 0.0580 e. The first-order chi connectivity index (χ1) is 7.49. The Morgan fingerprint density at radius 2 is 1.81 bits per heavy atom. The van der Waals surface area contributed by atoms with E-state index in [4.69, 9.17) is 0 Å². The summed E-state index contributed by atoms with van der Waals surface area (Å²) in [6.07, 6.45) is 4.58. The normalized spacial score (nSPS) is 27.0. The minimum absolute atomic E-state index is 0.0724. The predicted molar refractivity (Wildman–Crippen MR) is 68.6 cm³/mol. The molecule has 2 atom stereocenters. The van der Waals surface area contributed by atoms with Crippen molar-refractivity contribution in [2.75, 3.05) is 19.6 Å². The van der Waals surface area contributed by atoms with Crippen molar-refractivity contribution in [1.29, 1.82) is 0 Å². The van der Waals surface area contributed by atoms with Gasteiger partial charge in [0.05, 0.1) is 6.10 Å². The molecule has 0 aromatic carbocycles. The highest BCUT2D eigenvalue weighted by atomic mass is 16.3. The molecule has 0 aromatic heterocycles. The van der Waals surface area contributed by atoms with Crippen LogP contribution in [0.5, 0.6) is 0 Å². The third kappa shape index (κ3) is 5.83. The quantitative estimate of drug-likeness (QED) is 0.625. The van der Waals surface area contributed by atoms with Gasteiger partial charge >= 0.3 is 0 Å². The first-order valence-electron chi connectivity index (χ1n) is 6.63. The summed E-state index contributed by atoms with van der Waals surface area (Å²) in [7, 11) is 0. The van der Waals surface area contributed by atoms with E-state index in [2.05, 4.69) is 31.4 Å². The summed E-state index contributed by atoms with van der Waals surface area (Å²) >= 11 is 0. The molecule has 0 bridgehead atoms. The Balaban J connectivity index is 2.02. The Labute approximate surface area is 100 Å². The molecule has 0 aliphatic heterocycles. The van der Waals surface area contributed by atoms with Gasteiger partial charge in [0.25, 0.3) is 0 Å². The summed E-state index contributed by atoms with van der Waals surface area (Å²) in [6.45, 7) is 9.48. The Kier molecular flexibility index (Phi) is 5.73. The van der Waals surface area contributed by atoms with Gasteiger partial charge in [-0.3, -0.25) is 0 Å². The smallest absolute Gasteiger partial charge is 0.0580 e. The number of aliphatic hydroxyl groups excluding tert-OH is 1. The average molecular weight is 228 g/mol. The lowest BCUT2D eigenvalue weighted by atomic mass is 9.86. The van der Waals surface area contributed by atoms with Crippen LogP contribution in [-0.4, -0.2) is 36.4 Å². The number of rotatable bonds is 5. The van der Waals surface area contributed by atoms with Gasteiger partial charge in [0.15, 0.2) is 0 Å². The van der Waals surface area contributed by atoms with Crippen LogP contribution in [-0.2, 0) is 0 Å². The highest BCUT2D eigenvalue weighted by molar-refractivity contribution is 4.76. The predicted octanol–water partition coefficient (Wildman–Crippen LogP) is 1.52. The fourth-order valence-corrected chi connectivity index (χ4v) is 2.24. The van der Waals surface area contributed by atoms with Crippen molar-refractivity contribution in [2.24, 2.45) is 5.92 Å². The molecular weight excluding hydrogens is 200 g/mol. The molecule has 2 unspecified atom stereocenters. The monoisotopic (exact) mass is 228 g/mol. The molecule has 1 aliphatic carbocycles. The maximum absolute atomic E-state index is 9.80. The lowest BCUT2D eigenvalue weighted by Gasteiger charge is -2.28. The summed E-state index contributed by atoms with van der Waals surface area (Å²) < 4.78 is 0. The number of hydrogen-bond donors (Lipinski definition) is 3. The summed E-state index contributed by atoms with van der Waals surface area (Å²) in [5.41, 5.74) is 0.200. The van der Waals surface area contributed by atoms with Gasteiger partial charge in [0.1, 0.15) is 0 Å². The van der Waals surface area contributed by atoms with Crippen LogP contribution < -0.4 is 10.6 Å². The van der Waals surface area contributed by atoms with Gasteiger partial charge in [-0.2, -0.15) is 0 Å². The summed E-state index contributed by atoms with van der Waals surface area (Å²) in [4.78, 5) is 0. The third-order valence-electron chi connectivity index (χ3n) is 3.23. The van der Waals surface area contributed by atoms with E-state index in [0.29, 0.717) is 5.92 Å². The summed E-state index contributed by atoms with van der Waals surface area (Å²) in [5.74, 6) is 0.475. The summed E-state index contributed by atoms with van der Waals surface area (Å²) in [6, 6.07) is 0. The molecule has 96 valence electrons. The molecule has 0 aromatic rings. The number of hydrogen-bond acceptors (Lipinski definition) is 3. The van der Waals surface area contributed by atoms with Gasteiger partial charge in [0.2, 0.25) is 0 Å². The first kappa shape index (κ1) is 13.9. The SMILES string of the molecule is CC(C)(C)NCCNCC1CCCCC1O. The highest BCUT2D eigenvalue weighted by Crippen LogP contribution is 2.23. The van der Waals surface area contributed by atoms with Crippen molar-refractivity contribution in [3.8, 4) is 0 Å². The van der Waals surface area contributed by atoms with Crippen molar-refractivity contribution in [3.05, 3.63) is 0 Å². The van der Waals surface area contributed by atoms with Crippen LogP contribution in [0.1, 0.15) is 46.5 Å². The lowest BCUT2D eigenvalue weighted by Crippen LogP contribution is -2.42. The highest BCUT2D eigenvalue weighted by Gasteiger charge is 2.22. The first-order valence-corrected chi connectivity index (χ1v) is 6.63. The van der Waals surface area contributed by atoms with Crippen LogP contribution in [0.3, 0.4) is 0 Å². The number of nitrogens with one attached hydrogen (secondary N) is 2. The summed E-state index contributed by atoms with van der Waals surface area (Å²) in [5, 5.41) is 16.7. The van der Waals surface area contributed by atoms with Crippen LogP contribution >= 0.6 is 0 Å². The molecular formula is C13H28N2O. The third-order valence-corrected chi connectivity index (χ3v) is 3.23. The maximum atomic E-state index is 9.80. The molecule has 0 saturated heterocycles. The van der Waals surface area contributed by atoms with E-state index in [1.807, 2.05) is 0 Å². The molecule has 0 amide bonds. The van der Waals surface area contributed by atoms with Gasteiger partial charge in [-0.1, -0.05) is 12.8 Å². The van der Waals surface area contributed by atoms with Crippen LogP contribution in [0.4, 0.5) is 0 Å². The molecule has 3 N–H and O–H groups in total. The Hall–Kier alpha value is -0.120. The Bertz CT molecular complexity index is 189. The molecule has 0 heterocycles. The second-order valence-electron chi connectivity index (χ2n) is 5.99. The molecule has 3 nitrogen and oxygen atoms in total.